The molecular weight excluding hydrogens is 599 g/mol. The Labute approximate surface area is 229 Å². The van der Waals surface area contributed by atoms with Crippen LogP contribution in [0.5, 0.6) is 0 Å². The van der Waals surface area contributed by atoms with Gasteiger partial charge in [0, 0.05) is 16.5 Å². The third-order valence-electron chi connectivity index (χ3n) is 4.82. The van der Waals surface area contributed by atoms with Crippen LogP contribution in [-0.4, -0.2) is 46.9 Å². The first-order valence-corrected chi connectivity index (χ1v) is 13.8. The first-order chi connectivity index (χ1) is 18.2. The van der Waals surface area contributed by atoms with E-state index in [9.17, 15) is 30.7 Å². The number of nitrogens with two attached hydrogens (primary N) is 1. The Hall–Kier alpha value is -4.00. The van der Waals surface area contributed by atoms with Crippen molar-refractivity contribution in [3.63, 3.8) is 0 Å². The Balaban J connectivity index is 1.80. The van der Waals surface area contributed by atoms with Crippen LogP contribution < -0.4 is 16.4 Å². The molecule has 15 nitrogen and oxygen atoms in total. The number of rotatable bonds is 7. The monoisotopic (exact) mass is 612 g/mol. The highest BCUT2D eigenvalue weighted by Crippen LogP contribution is 2.35. The maximum absolute atomic E-state index is 12.0. The van der Waals surface area contributed by atoms with Crippen molar-refractivity contribution in [2.24, 2.45) is 16.0 Å². The van der Waals surface area contributed by atoms with E-state index in [1.807, 2.05) is 0 Å². The van der Waals surface area contributed by atoms with Gasteiger partial charge in [-0.25, -0.2) is 4.79 Å². The molecule has 1 aromatic heterocycles. The molecule has 4 rings (SSSR count). The quantitative estimate of drug-likeness (QED) is 0.144. The number of azo groups is 1. The van der Waals surface area contributed by atoms with E-state index >= 15 is 0 Å². The molecule has 0 aliphatic carbocycles. The number of urea groups is 1. The summed E-state index contributed by atoms with van der Waals surface area (Å²) < 4.78 is 67.0. The molecule has 0 atom stereocenters. The number of carbonyl (C=O) groups excluding carboxylic acids is 1. The summed E-state index contributed by atoms with van der Waals surface area (Å²) in [6.07, 6.45) is 0. The molecule has 0 aliphatic rings. The maximum Gasteiger partial charge on any atom is 0.316 e. The van der Waals surface area contributed by atoms with Crippen molar-refractivity contribution in [2.45, 2.75) is 9.79 Å². The molecule has 0 bridgehead atoms. The van der Waals surface area contributed by atoms with Gasteiger partial charge in [-0.1, -0.05) is 12.1 Å². The Morgan fingerprint density at radius 1 is 0.846 bits per heavy atom. The van der Waals surface area contributed by atoms with E-state index in [0.29, 0.717) is 5.69 Å². The van der Waals surface area contributed by atoms with Gasteiger partial charge in [-0.05, 0) is 59.6 Å². The number of aromatic nitrogens is 3. The maximum atomic E-state index is 12.0. The number of nitrogens with zero attached hydrogens (tertiary/aromatic N) is 5. The van der Waals surface area contributed by atoms with Crippen LogP contribution in [0.25, 0.3) is 10.8 Å². The Bertz CT molecular complexity index is 1870. The van der Waals surface area contributed by atoms with Gasteiger partial charge in [0.15, 0.2) is 0 Å². The molecule has 3 aromatic carbocycles. The summed E-state index contributed by atoms with van der Waals surface area (Å²) in [6, 6.07) is 8.85. The lowest BCUT2D eigenvalue weighted by molar-refractivity contribution is 0.259. The molecule has 2 amide bonds. The molecule has 19 heteroatoms. The van der Waals surface area contributed by atoms with Crippen LogP contribution in [0.3, 0.4) is 0 Å². The number of benzene rings is 3. The van der Waals surface area contributed by atoms with Crippen molar-refractivity contribution in [1.82, 2.24) is 15.0 Å². The number of hydrogen-bond acceptors (Lipinski definition) is 11. The lowest BCUT2D eigenvalue weighted by atomic mass is 10.1. The second kappa shape index (κ2) is 10.6. The molecule has 0 saturated carbocycles. The molecule has 0 radical (unpaired) electrons. The standard InChI is InChI=1S/C20H14Cl2N8O7S2/c21-17-26-18(22)28-20(27-17)24-9-4-5-13(14(7-9)25-19(23)31)30-29-10-6-12-11(16(8-10)39(35,36)37)2-1-3-15(12)38(32,33)34/h1-8H,(H3,23,25,31)(H,32,33,34)(H,35,36,37)(H,24,26,27,28)/b30-29+. The Morgan fingerprint density at radius 3 is 2.13 bits per heavy atom. The molecule has 0 aliphatic heterocycles. The normalized spacial score (nSPS) is 12.1. The lowest BCUT2D eigenvalue weighted by Gasteiger charge is -2.10. The van der Waals surface area contributed by atoms with Gasteiger partial charge >= 0.3 is 6.03 Å². The summed E-state index contributed by atoms with van der Waals surface area (Å²) in [7, 11) is -9.64. The number of fused-ring (bicyclic) bond motifs is 1. The minimum atomic E-state index is -4.86. The Kier molecular flexibility index (Phi) is 7.64. The molecule has 0 saturated heterocycles. The van der Waals surface area contributed by atoms with Crippen LogP contribution in [0.4, 0.5) is 33.5 Å². The molecule has 0 spiro atoms. The number of carbonyl (C=O) groups is 1. The predicted molar refractivity (Wildman–Crippen MR) is 141 cm³/mol. The van der Waals surface area contributed by atoms with Crippen molar-refractivity contribution < 1.29 is 30.7 Å². The molecule has 1 heterocycles. The first kappa shape index (κ1) is 28.0. The zero-order chi connectivity index (χ0) is 28.5. The highest BCUT2D eigenvalue weighted by molar-refractivity contribution is 7.86. The second-order valence-corrected chi connectivity index (χ2v) is 10.9. The van der Waals surface area contributed by atoms with Crippen molar-refractivity contribution in [1.29, 1.82) is 0 Å². The average molecular weight is 613 g/mol. The average Bonchev–Trinajstić information content (AvgIpc) is 2.80. The zero-order valence-corrected chi connectivity index (χ0v) is 22.1. The van der Waals surface area contributed by atoms with Gasteiger partial charge in [-0.3, -0.25) is 9.11 Å². The van der Waals surface area contributed by atoms with Crippen molar-refractivity contribution in [3.8, 4) is 0 Å². The number of nitrogens with one attached hydrogen (secondary N) is 2. The van der Waals surface area contributed by atoms with Crippen LogP contribution in [-0.2, 0) is 20.2 Å². The molecular formula is C20H14Cl2N8O7S2. The summed E-state index contributed by atoms with van der Waals surface area (Å²) in [6.45, 7) is 0. The van der Waals surface area contributed by atoms with Crippen molar-refractivity contribution in [3.05, 3.63) is 59.1 Å². The number of anilines is 3. The number of amides is 2. The molecule has 6 N–H and O–H groups in total. The van der Waals surface area contributed by atoms with Crippen molar-refractivity contribution >= 4 is 88.9 Å². The largest absolute Gasteiger partial charge is 0.351 e. The minimum Gasteiger partial charge on any atom is -0.351 e. The topological polar surface area (TPSA) is 239 Å². The number of hydrogen-bond donors (Lipinski definition) is 5. The van der Waals surface area contributed by atoms with Crippen molar-refractivity contribution in [2.75, 3.05) is 10.6 Å². The molecule has 0 fully saturated rings. The third kappa shape index (κ3) is 6.72. The fraction of sp³-hybridized carbons (Fsp3) is 0. The minimum absolute atomic E-state index is 0.0112. The fourth-order valence-corrected chi connectivity index (χ4v) is 5.15. The molecule has 4 aromatic rings. The van der Waals surface area contributed by atoms with Gasteiger partial charge in [0.1, 0.15) is 15.5 Å². The molecule has 0 unspecified atom stereocenters. The van der Waals surface area contributed by atoms with E-state index in [1.165, 1.54) is 30.3 Å². The summed E-state index contributed by atoms with van der Waals surface area (Å²) in [4.78, 5) is 21.6. The molecule has 39 heavy (non-hydrogen) atoms. The highest BCUT2D eigenvalue weighted by atomic mass is 35.5. The lowest BCUT2D eigenvalue weighted by Crippen LogP contribution is -2.19. The molecule has 202 valence electrons. The van der Waals surface area contributed by atoms with Crippen LogP contribution in [0.15, 0.2) is 68.6 Å². The van der Waals surface area contributed by atoms with E-state index in [0.717, 1.165) is 18.2 Å². The van der Waals surface area contributed by atoms with Gasteiger partial charge in [0.05, 0.1) is 11.4 Å². The van der Waals surface area contributed by atoms with Gasteiger partial charge < -0.3 is 16.4 Å². The van der Waals surface area contributed by atoms with Gasteiger partial charge in [0.2, 0.25) is 16.5 Å². The van der Waals surface area contributed by atoms with E-state index in [-0.39, 0.29) is 44.4 Å². The van der Waals surface area contributed by atoms with E-state index < -0.39 is 36.1 Å². The zero-order valence-electron chi connectivity index (χ0n) is 18.9. The summed E-state index contributed by atoms with van der Waals surface area (Å²) in [5.41, 5.74) is 5.43. The summed E-state index contributed by atoms with van der Waals surface area (Å²) in [5, 5.41) is 12.3. The Morgan fingerprint density at radius 2 is 1.51 bits per heavy atom. The highest BCUT2D eigenvalue weighted by Gasteiger charge is 2.21. The van der Waals surface area contributed by atoms with Crippen LogP contribution >= 0.6 is 23.2 Å². The summed E-state index contributed by atoms with van der Waals surface area (Å²) >= 11 is 11.5. The fourth-order valence-electron chi connectivity index (χ4n) is 3.36. The van der Waals surface area contributed by atoms with Gasteiger partial charge in [-0.2, -0.15) is 36.9 Å². The second-order valence-electron chi connectivity index (χ2n) is 7.49. The predicted octanol–water partition coefficient (Wildman–Crippen LogP) is 4.47. The van der Waals surface area contributed by atoms with E-state index in [1.54, 1.807) is 0 Å². The smallest absolute Gasteiger partial charge is 0.316 e. The van der Waals surface area contributed by atoms with Gasteiger partial charge in [-0.15, -0.1) is 5.11 Å². The third-order valence-corrected chi connectivity index (χ3v) is 6.97. The van der Waals surface area contributed by atoms with Crippen LogP contribution in [0.1, 0.15) is 0 Å². The van der Waals surface area contributed by atoms with Crippen LogP contribution in [0.2, 0.25) is 10.6 Å². The first-order valence-electron chi connectivity index (χ1n) is 10.2. The van der Waals surface area contributed by atoms with E-state index in [2.05, 4.69) is 35.8 Å². The van der Waals surface area contributed by atoms with Gasteiger partial charge in [0.25, 0.3) is 20.2 Å². The number of halogens is 2. The number of primary amides is 1. The van der Waals surface area contributed by atoms with E-state index in [4.69, 9.17) is 28.9 Å². The van der Waals surface area contributed by atoms with Crippen LogP contribution in [0, 0.1) is 0 Å². The SMILES string of the molecule is NC(=O)Nc1cc(Nc2nc(Cl)nc(Cl)n2)ccc1/N=N/c1cc(S(=O)(=O)O)c2cccc(S(=O)(=O)O)c2c1. The summed E-state index contributed by atoms with van der Waals surface area (Å²) in [5.74, 6) is -0.0112.